The zero-order valence-corrected chi connectivity index (χ0v) is 12.7. The number of aromatic nitrogens is 2. The van der Waals surface area contributed by atoms with E-state index in [4.69, 9.17) is 11.6 Å². The van der Waals surface area contributed by atoms with E-state index in [0.29, 0.717) is 11.4 Å². The summed E-state index contributed by atoms with van der Waals surface area (Å²) in [5, 5.41) is 3.73. The average molecular weight is 306 g/mol. The van der Waals surface area contributed by atoms with Crippen molar-refractivity contribution in [3.05, 3.63) is 51.7 Å². The minimum absolute atomic E-state index is 0.327. The van der Waals surface area contributed by atoms with Gasteiger partial charge in [-0.25, -0.2) is 14.4 Å². The molecule has 0 amide bonds. The van der Waals surface area contributed by atoms with Crippen molar-refractivity contribution < 1.29 is 4.39 Å². The van der Waals surface area contributed by atoms with E-state index in [1.54, 1.807) is 6.07 Å². The standard InChI is InChI=1S/C16H17ClFN3/c1-2-19-16-12-4-3-5-14(12)20-15(21-16)8-10-6-7-11(18)9-13(10)17/h6-7,9H,2-5,8H2,1H3,(H,19,20,21). The van der Waals surface area contributed by atoms with Crippen LogP contribution in [0.1, 0.15) is 36.0 Å². The first kappa shape index (κ1) is 14.3. The van der Waals surface area contributed by atoms with Crippen molar-refractivity contribution in [1.29, 1.82) is 0 Å². The van der Waals surface area contributed by atoms with Crippen LogP contribution in [0, 0.1) is 5.82 Å². The lowest BCUT2D eigenvalue weighted by atomic mass is 10.1. The fourth-order valence-corrected chi connectivity index (χ4v) is 2.95. The van der Waals surface area contributed by atoms with Crippen LogP contribution >= 0.6 is 11.6 Å². The first-order valence-electron chi connectivity index (χ1n) is 7.24. The molecule has 2 aromatic rings. The molecule has 0 atom stereocenters. The molecule has 0 saturated carbocycles. The molecule has 21 heavy (non-hydrogen) atoms. The van der Waals surface area contributed by atoms with Gasteiger partial charge in [0.2, 0.25) is 0 Å². The van der Waals surface area contributed by atoms with Crippen molar-refractivity contribution in [3.8, 4) is 0 Å². The first-order valence-corrected chi connectivity index (χ1v) is 7.61. The summed E-state index contributed by atoms with van der Waals surface area (Å²) in [6.45, 7) is 2.89. The number of nitrogens with zero attached hydrogens (tertiary/aromatic N) is 2. The van der Waals surface area contributed by atoms with E-state index in [9.17, 15) is 4.39 Å². The summed E-state index contributed by atoms with van der Waals surface area (Å²) in [6, 6.07) is 4.44. The maximum Gasteiger partial charge on any atom is 0.135 e. The van der Waals surface area contributed by atoms with Crippen LogP contribution in [0.15, 0.2) is 18.2 Å². The van der Waals surface area contributed by atoms with Gasteiger partial charge in [-0.1, -0.05) is 17.7 Å². The number of halogens is 2. The van der Waals surface area contributed by atoms with Gasteiger partial charge in [0.05, 0.1) is 0 Å². The van der Waals surface area contributed by atoms with E-state index in [1.165, 1.54) is 17.7 Å². The van der Waals surface area contributed by atoms with Crippen LogP contribution in [-0.4, -0.2) is 16.5 Å². The van der Waals surface area contributed by atoms with Crippen LogP contribution in [0.25, 0.3) is 0 Å². The number of rotatable bonds is 4. The molecule has 1 heterocycles. The third-order valence-electron chi connectivity index (χ3n) is 3.69. The fraction of sp³-hybridized carbons (Fsp3) is 0.375. The van der Waals surface area contributed by atoms with Crippen LogP contribution in [0.3, 0.4) is 0 Å². The second-order valence-electron chi connectivity index (χ2n) is 5.21. The van der Waals surface area contributed by atoms with Crippen molar-refractivity contribution in [2.75, 3.05) is 11.9 Å². The number of nitrogens with one attached hydrogen (secondary N) is 1. The van der Waals surface area contributed by atoms with Crippen LogP contribution in [-0.2, 0) is 19.3 Å². The Bertz CT molecular complexity index is 673. The predicted molar refractivity (Wildman–Crippen MR) is 82.4 cm³/mol. The normalized spacial score (nSPS) is 13.3. The van der Waals surface area contributed by atoms with E-state index < -0.39 is 0 Å². The summed E-state index contributed by atoms with van der Waals surface area (Å²) in [4.78, 5) is 9.27. The van der Waals surface area contributed by atoms with Gasteiger partial charge >= 0.3 is 0 Å². The summed E-state index contributed by atoms with van der Waals surface area (Å²) >= 11 is 6.09. The fourth-order valence-electron chi connectivity index (χ4n) is 2.71. The molecular formula is C16H17ClFN3. The average Bonchev–Trinajstić information content (AvgIpc) is 2.91. The quantitative estimate of drug-likeness (QED) is 0.934. The smallest absolute Gasteiger partial charge is 0.135 e. The van der Waals surface area contributed by atoms with Crippen molar-refractivity contribution >= 4 is 17.4 Å². The molecule has 3 rings (SSSR count). The first-order chi connectivity index (χ1) is 10.2. The number of hydrogen-bond donors (Lipinski definition) is 1. The Labute approximate surface area is 128 Å². The van der Waals surface area contributed by atoms with Crippen molar-refractivity contribution in [2.24, 2.45) is 0 Å². The van der Waals surface area contributed by atoms with Gasteiger partial charge in [-0.05, 0) is 43.9 Å². The van der Waals surface area contributed by atoms with Gasteiger partial charge in [-0.3, -0.25) is 0 Å². The van der Waals surface area contributed by atoms with Gasteiger partial charge in [0.15, 0.2) is 0 Å². The Balaban J connectivity index is 1.93. The minimum atomic E-state index is -0.327. The maximum atomic E-state index is 13.1. The molecule has 0 radical (unpaired) electrons. The molecule has 0 aliphatic heterocycles. The number of aryl methyl sites for hydroxylation is 1. The summed E-state index contributed by atoms with van der Waals surface area (Å²) in [7, 11) is 0. The number of fused-ring (bicyclic) bond motifs is 1. The van der Waals surface area contributed by atoms with Crippen LogP contribution in [0.4, 0.5) is 10.2 Å². The Morgan fingerprint density at radius 3 is 2.90 bits per heavy atom. The highest BCUT2D eigenvalue weighted by Crippen LogP contribution is 2.27. The lowest BCUT2D eigenvalue weighted by Crippen LogP contribution is -2.09. The van der Waals surface area contributed by atoms with E-state index in [0.717, 1.165) is 48.7 Å². The molecule has 1 aromatic heterocycles. The Morgan fingerprint density at radius 1 is 1.29 bits per heavy atom. The Hall–Kier alpha value is -1.68. The molecule has 0 unspecified atom stereocenters. The molecule has 3 nitrogen and oxygen atoms in total. The second kappa shape index (κ2) is 5.98. The number of benzene rings is 1. The van der Waals surface area contributed by atoms with Crippen molar-refractivity contribution in [1.82, 2.24) is 9.97 Å². The van der Waals surface area contributed by atoms with E-state index in [2.05, 4.69) is 22.2 Å². The molecule has 110 valence electrons. The van der Waals surface area contributed by atoms with Gasteiger partial charge in [0.25, 0.3) is 0 Å². The summed E-state index contributed by atoms with van der Waals surface area (Å²) in [6.07, 6.45) is 3.68. The zero-order valence-electron chi connectivity index (χ0n) is 11.9. The Morgan fingerprint density at radius 2 is 2.14 bits per heavy atom. The SMILES string of the molecule is CCNc1nc(Cc2ccc(F)cc2Cl)nc2c1CCC2. The second-order valence-corrected chi connectivity index (χ2v) is 5.62. The van der Waals surface area contributed by atoms with E-state index >= 15 is 0 Å². The van der Waals surface area contributed by atoms with Gasteiger partial charge in [0.1, 0.15) is 17.5 Å². The summed E-state index contributed by atoms with van der Waals surface area (Å²) < 4.78 is 13.1. The third kappa shape index (κ3) is 3.00. The summed E-state index contributed by atoms with van der Waals surface area (Å²) in [5.41, 5.74) is 3.22. The molecule has 5 heteroatoms. The monoisotopic (exact) mass is 305 g/mol. The highest BCUT2D eigenvalue weighted by Gasteiger charge is 2.19. The summed E-state index contributed by atoms with van der Waals surface area (Å²) in [5.74, 6) is 1.35. The largest absolute Gasteiger partial charge is 0.370 e. The number of hydrogen-bond acceptors (Lipinski definition) is 3. The molecule has 1 aliphatic rings. The Kier molecular flexibility index (Phi) is 4.06. The molecular weight excluding hydrogens is 289 g/mol. The zero-order chi connectivity index (χ0) is 14.8. The molecule has 0 saturated heterocycles. The number of anilines is 1. The van der Waals surface area contributed by atoms with Gasteiger partial charge < -0.3 is 5.32 Å². The topological polar surface area (TPSA) is 37.8 Å². The van der Waals surface area contributed by atoms with Gasteiger partial charge in [-0.2, -0.15) is 0 Å². The van der Waals surface area contributed by atoms with Crippen LogP contribution in [0.2, 0.25) is 5.02 Å². The van der Waals surface area contributed by atoms with E-state index in [-0.39, 0.29) is 5.82 Å². The van der Waals surface area contributed by atoms with E-state index in [1.807, 2.05) is 0 Å². The van der Waals surface area contributed by atoms with Gasteiger partial charge in [-0.15, -0.1) is 0 Å². The molecule has 1 aliphatic carbocycles. The maximum absolute atomic E-state index is 13.1. The third-order valence-corrected chi connectivity index (χ3v) is 4.04. The minimum Gasteiger partial charge on any atom is -0.370 e. The van der Waals surface area contributed by atoms with Crippen molar-refractivity contribution in [2.45, 2.75) is 32.6 Å². The molecule has 1 N–H and O–H groups in total. The highest BCUT2D eigenvalue weighted by atomic mass is 35.5. The molecule has 1 aromatic carbocycles. The van der Waals surface area contributed by atoms with Crippen LogP contribution in [0.5, 0.6) is 0 Å². The predicted octanol–water partition coefficient (Wildman–Crippen LogP) is 3.78. The van der Waals surface area contributed by atoms with Crippen molar-refractivity contribution in [3.63, 3.8) is 0 Å². The molecule has 0 spiro atoms. The molecule has 0 bridgehead atoms. The lowest BCUT2D eigenvalue weighted by molar-refractivity contribution is 0.627. The van der Waals surface area contributed by atoms with Crippen LogP contribution < -0.4 is 5.32 Å². The van der Waals surface area contributed by atoms with Gasteiger partial charge in [0, 0.05) is 29.2 Å². The lowest BCUT2D eigenvalue weighted by Gasteiger charge is -2.11. The molecule has 0 fully saturated rings. The highest BCUT2D eigenvalue weighted by molar-refractivity contribution is 6.31.